The van der Waals surface area contributed by atoms with E-state index in [0.29, 0.717) is 13.1 Å². The van der Waals surface area contributed by atoms with Gasteiger partial charge in [0.15, 0.2) is 0 Å². The summed E-state index contributed by atoms with van der Waals surface area (Å²) in [7, 11) is 1.91. The molecule has 0 aromatic heterocycles. The van der Waals surface area contributed by atoms with Crippen LogP contribution in [0, 0.1) is 0 Å². The van der Waals surface area contributed by atoms with Gasteiger partial charge in [-0.05, 0) is 50.5 Å². The summed E-state index contributed by atoms with van der Waals surface area (Å²) in [4.78, 5) is 13.8. The van der Waals surface area contributed by atoms with Gasteiger partial charge in [-0.15, -0.1) is 0 Å². The molecule has 1 aliphatic heterocycles. The third kappa shape index (κ3) is 4.25. The number of carbonyl (C=O) groups excluding carboxylic acids is 1. The van der Waals surface area contributed by atoms with E-state index in [2.05, 4.69) is 35.7 Å². The van der Waals surface area contributed by atoms with Crippen LogP contribution >= 0.6 is 0 Å². The highest BCUT2D eigenvalue weighted by Crippen LogP contribution is 2.24. The van der Waals surface area contributed by atoms with Crippen molar-refractivity contribution in [2.45, 2.75) is 32.8 Å². The van der Waals surface area contributed by atoms with Gasteiger partial charge < -0.3 is 15.0 Å². The van der Waals surface area contributed by atoms with E-state index in [4.69, 9.17) is 4.74 Å². The summed E-state index contributed by atoms with van der Waals surface area (Å²) in [6.45, 7) is 6.98. The van der Waals surface area contributed by atoms with Crippen LogP contribution in [-0.2, 0) is 4.74 Å². The third-order valence-corrected chi connectivity index (χ3v) is 3.41. The molecule has 0 fully saturated rings. The molecule has 0 aliphatic carbocycles. The summed E-state index contributed by atoms with van der Waals surface area (Å²) >= 11 is 0. The quantitative estimate of drug-likeness (QED) is 0.901. The fourth-order valence-electron chi connectivity index (χ4n) is 2.27. The Hall–Kier alpha value is -1.97. The second-order valence-corrected chi connectivity index (χ2v) is 6.23. The minimum absolute atomic E-state index is 0.233. The van der Waals surface area contributed by atoms with Gasteiger partial charge >= 0.3 is 6.09 Å². The molecule has 4 heteroatoms. The predicted molar refractivity (Wildman–Crippen MR) is 86.4 cm³/mol. The summed E-state index contributed by atoms with van der Waals surface area (Å²) in [5, 5.41) is 3.11. The van der Waals surface area contributed by atoms with Crippen LogP contribution in [0.25, 0.3) is 5.57 Å². The van der Waals surface area contributed by atoms with Crippen molar-refractivity contribution in [3.63, 3.8) is 0 Å². The van der Waals surface area contributed by atoms with Crippen molar-refractivity contribution in [3.05, 3.63) is 35.9 Å². The molecule has 114 valence electrons. The van der Waals surface area contributed by atoms with Crippen LogP contribution < -0.4 is 5.32 Å². The van der Waals surface area contributed by atoms with Gasteiger partial charge in [0, 0.05) is 25.8 Å². The highest BCUT2D eigenvalue weighted by atomic mass is 16.6. The number of benzene rings is 1. The first-order chi connectivity index (χ1) is 9.89. The van der Waals surface area contributed by atoms with E-state index < -0.39 is 5.60 Å². The lowest BCUT2D eigenvalue weighted by Crippen LogP contribution is -2.39. The number of anilines is 1. The van der Waals surface area contributed by atoms with Crippen molar-refractivity contribution in [3.8, 4) is 0 Å². The number of rotatable bonds is 2. The Kier molecular flexibility index (Phi) is 4.56. The van der Waals surface area contributed by atoms with Crippen LogP contribution in [0.4, 0.5) is 10.5 Å². The maximum atomic E-state index is 12.0. The summed E-state index contributed by atoms with van der Waals surface area (Å²) in [5.74, 6) is 0. The molecule has 21 heavy (non-hydrogen) atoms. The van der Waals surface area contributed by atoms with E-state index >= 15 is 0 Å². The van der Waals surface area contributed by atoms with E-state index in [1.165, 1.54) is 11.1 Å². The van der Waals surface area contributed by atoms with Crippen LogP contribution in [-0.4, -0.2) is 36.7 Å². The molecule has 0 saturated carbocycles. The van der Waals surface area contributed by atoms with Gasteiger partial charge in [-0.1, -0.05) is 18.2 Å². The zero-order valence-electron chi connectivity index (χ0n) is 13.3. The lowest BCUT2D eigenvalue weighted by Gasteiger charge is -2.29. The number of ether oxygens (including phenoxy) is 1. The van der Waals surface area contributed by atoms with E-state index in [1.54, 1.807) is 4.90 Å². The van der Waals surface area contributed by atoms with Gasteiger partial charge in [-0.3, -0.25) is 0 Å². The van der Waals surface area contributed by atoms with Crippen LogP contribution in [0.15, 0.2) is 30.3 Å². The second kappa shape index (κ2) is 6.20. The maximum Gasteiger partial charge on any atom is 0.410 e. The van der Waals surface area contributed by atoms with Gasteiger partial charge in [-0.2, -0.15) is 0 Å². The largest absolute Gasteiger partial charge is 0.444 e. The van der Waals surface area contributed by atoms with E-state index in [1.807, 2.05) is 27.8 Å². The minimum Gasteiger partial charge on any atom is -0.444 e. The molecule has 1 N–H and O–H groups in total. The number of hydrogen-bond acceptors (Lipinski definition) is 3. The van der Waals surface area contributed by atoms with E-state index in [0.717, 1.165) is 12.1 Å². The fraction of sp³-hybridized carbons (Fsp3) is 0.471. The Morgan fingerprint density at radius 2 is 1.90 bits per heavy atom. The molecule has 4 nitrogen and oxygen atoms in total. The first-order valence-electron chi connectivity index (χ1n) is 7.34. The molecule has 0 atom stereocenters. The lowest BCUT2D eigenvalue weighted by molar-refractivity contribution is 0.0270. The van der Waals surface area contributed by atoms with Crippen LogP contribution in [0.2, 0.25) is 0 Å². The van der Waals surface area contributed by atoms with Crippen molar-refractivity contribution in [1.29, 1.82) is 0 Å². The molecule has 0 spiro atoms. The highest BCUT2D eigenvalue weighted by molar-refractivity contribution is 5.73. The Morgan fingerprint density at radius 3 is 2.38 bits per heavy atom. The zero-order chi connectivity index (χ0) is 15.5. The van der Waals surface area contributed by atoms with Crippen molar-refractivity contribution in [2.24, 2.45) is 0 Å². The topological polar surface area (TPSA) is 41.6 Å². The molecular weight excluding hydrogens is 264 g/mol. The van der Waals surface area contributed by atoms with E-state index in [-0.39, 0.29) is 6.09 Å². The van der Waals surface area contributed by atoms with Gasteiger partial charge in [0.25, 0.3) is 0 Å². The van der Waals surface area contributed by atoms with Crippen LogP contribution in [0.3, 0.4) is 0 Å². The molecule has 1 aromatic rings. The first-order valence-corrected chi connectivity index (χ1v) is 7.34. The number of amides is 1. The molecule has 0 bridgehead atoms. The smallest absolute Gasteiger partial charge is 0.410 e. The van der Waals surface area contributed by atoms with Gasteiger partial charge in [-0.25, -0.2) is 4.79 Å². The minimum atomic E-state index is -0.440. The van der Waals surface area contributed by atoms with Crippen molar-refractivity contribution in [1.82, 2.24) is 4.90 Å². The highest BCUT2D eigenvalue weighted by Gasteiger charge is 2.23. The molecule has 2 rings (SSSR count). The second-order valence-electron chi connectivity index (χ2n) is 6.23. The Balaban J connectivity index is 1.99. The van der Waals surface area contributed by atoms with Gasteiger partial charge in [0.1, 0.15) is 5.60 Å². The third-order valence-electron chi connectivity index (χ3n) is 3.41. The van der Waals surface area contributed by atoms with Gasteiger partial charge in [0.2, 0.25) is 0 Å². The summed E-state index contributed by atoms with van der Waals surface area (Å²) in [6, 6.07) is 8.36. The van der Waals surface area contributed by atoms with Gasteiger partial charge in [0.05, 0.1) is 0 Å². The lowest BCUT2D eigenvalue weighted by atomic mass is 9.99. The van der Waals surface area contributed by atoms with E-state index in [9.17, 15) is 4.79 Å². The summed E-state index contributed by atoms with van der Waals surface area (Å²) in [6.07, 6.45) is 2.74. The number of carbonyl (C=O) groups is 1. The summed E-state index contributed by atoms with van der Waals surface area (Å²) < 4.78 is 5.40. The van der Waals surface area contributed by atoms with Crippen molar-refractivity contribution in [2.75, 3.05) is 25.5 Å². The molecule has 1 amide bonds. The van der Waals surface area contributed by atoms with Crippen LogP contribution in [0.5, 0.6) is 0 Å². The molecule has 1 aliphatic rings. The normalized spacial score (nSPS) is 15.4. The Morgan fingerprint density at radius 1 is 1.24 bits per heavy atom. The molecule has 1 heterocycles. The molecule has 0 radical (unpaired) electrons. The number of nitrogens with one attached hydrogen (secondary N) is 1. The van der Waals surface area contributed by atoms with Crippen LogP contribution in [0.1, 0.15) is 32.8 Å². The molecule has 0 unspecified atom stereocenters. The molecule has 1 aromatic carbocycles. The molecular formula is C17H24N2O2. The van der Waals surface area contributed by atoms with Crippen molar-refractivity contribution >= 4 is 17.4 Å². The average Bonchev–Trinajstić information content (AvgIpc) is 2.46. The van der Waals surface area contributed by atoms with Crippen molar-refractivity contribution < 1.29 is 9.53 Å². The number of hydrogen-bond donors (Lipinski definition) is 1. The Bertz CT molecular complexity index is 527. The molecule has 0 saturated heterocycles. The standard InChI is InChI=1S/C17H24N2O2/c1-17(2,3)21-16(20)19-11-9-14(10-12-19)13-5-7-15(18-4)8-6-13/h5-9,18H,10-12H2,1-4H3. The Labute approximate surface area is 126 Å². The number of nitrogens with zero attached hydrogens (tertiary/aromatic N) is 1. The first kappa shape index (κ1) is 15.4. The average molecular weight is 288 g/mol. The fourth-order valence-corrected chi connectivity index (χ4v) is 2.27. The zero-order valence-corrected chi connectivity index (χ0v) is 13.3. The maximum absolute atomic E-state index is 12.0. The predicted octanol–water partition coefficient (Wildman–Crippen LogP) is 3.75. The summed E-state index contributed by atoms with van der Waals surface area (Å²) in [5.41, 5.74) is 3.17. The monoisotopic (exact) mass is 288 g/mol. The SMILES string of the molecule is CNc1ccc(C2=CCN(C(=O)OC(C)(C)C)CC2)cc1.